The topological polar surface area (TPSA) is 32.7 Å². The van der Waals surface area contributed by atoms with Crippen LogP contribution in [0.1, 0.15) is 25.3 Å². The Morgan fingerprint density at radius 3 is 3.00 bits per heavy atom. The van der Waals surface area contributed by atoms with Crippen molar-refractivity contribution in [1.29, 1.82) is 0 Å². The largest absolute Gasteiger partial charge is 0.351 e. The van der Waals surface area contributed by atoms with E-state index in [2.05, 4.69) is 16.8 Å². The van der Waals surface area contributed by atoms with Crippen LogP contribution in [0.2, 0.25) is 5.02 Å². The average molecular weight is 321 g/mol. The summed E-state index contributed by atoms with van der Waals surface area (Å²) in [7, 11) is 0. The first-order valence-electron chi connectivity index (χ1n) is 7.15. The van der Waals surface area contributed by atoms with Crippen molar-refractivity contribution in [1.82, 2.24) is 4.90 Å². The van der Waals surface area contributed by atoms with Gasteiger partial charge in [-0.2, -0.15) is 4.99 Å². The number of halogens is 1. The summed E-state index contributed by atoms with van der Waals surface area (Å²) in [6.07, 6.45) is 4.25. The molecule has 2 aliphatic rings. The minimum absolute atomic E-state index is 0.159. The van der Waals surface area contributed by atoms with Crippen LogP contribution < -0.4 is 0 Å². The number of nitrogens with zero attached hydrogens (tertiary/aromatic N) is 2. The van der Waals surface area contributed by atoms with Crippen molar-refractivity contribution in [2.45, 2.75) is 19.8 Å². The van der Waals surface area contributed by atoms with Gasteiger partial charge in [0, 0.05) is 18.1 Å². The zero-order chi connectivity index (χ0) is 14.8. The third kappa shape index (κ3) is 3.33. The lowest BCUT2D eigenvalue weighted by atomic mass is 10.0. The van der Waals surface area contributed by atoms with E-state index in [0.717, 1.165) is 23.8 Å². The molecular formula is C16H17ClN2OS. The molecule has 1 atom stereocenters. The van der Waals surface area contributed by atoms with Crippen molar-refractivity contribution in [2.75, 3.05) is 13.1 Å². The minimum Gasteiger partial charge on any atom is -0.351 e. The Labute approximate surface area is 134 Å². The molecule has 3 nitrogen and oxygen atoms in total. The summed E-state index contributed by atoms with van der Waals surface area (Å²) >= 11 is 7.60. The standard InChI is InChI=1S/C16H17ClN2OS/c1-11-5-4-8-19(10-11)16-18-15(20)14(21-16)9-12-6-2-3-7-13(12)17/h2-3,6-7,9,11H,4-5,8,10H2,1H3. The van der Waals surface area contributed by atoms with Crippen LogP contribution >= 0.6 is 23.4 Å². The Bertz CT molecular complexity index is 626. The summed E-state index contributed by atoms with van der Waals surface area (Å²) in [6, 6.07) is 7.53. The SMILES string of the molecule is CC1CCCN(C2=NC(=O)C(=Cc3ccccc3Cl)S2)C1. The maximum absolute atomic E-state index is 12.1. The predicted molar refractivity (Wildman–Crippen MR) is 89.4 cm³/mol. The Hall–Kier alpha value is -1.26. The van der Waals surface area contributed by atoms with Crippen LogP contribution in [0.25, 0.3) is 6.08 Å². The molecule has 0 N–H and O–H groups in total. The lowest BCUT2D eigenvalue weighted by Crippen LogP contribution is -2.37. The number of rotatable bonds is 1. The second kappa shape index (κ2) is 6.24. The molecule has 1 saturated heterocycles. The summed E-state index contributed by atoms with van der Waals surface area (Å²) in [5.41, 5.74) is 0.860. The first-order valence-corrected chi connectivity index (χ1v) is 8.35. The number of carbonyl (C=O) groups excluding carboxylic acids is 1. The van der Waals surface area contributed by atoms with Crippen LogP contribution in [0.3, 0.4) is 0 Å². The van der Waals surface area contributed by atoms with Crippen molar-refractivity contribution in [2.24, 2.45) is 10.9 Å². The molecule has 1 unspecified atom stereocenters. The Morgan fingerprint density at radius 1 is 1.43 bits per heavy atom. The maximum Gasteiger partial charge on any atom is 0.286 e. The van der Waals surface area contributed by atoms with Gasteiger partial charge in [0.1, 0.15) is 0 Å². The van der Waals surface area contributed by atoms with Gasteiger partial charge in [-0.15, -0.1) is 0 Å². The van der Waals surface area contributed by atoms with Crippen LogP contribution in [-0.2, 0) is 4.79 Å². The van der Waals surface area contributed by atoms with Crippen molar-refractivity contribution in [3.8, 4) is 0 Å². The first-order chi connectivity index (χ1) is 10.1. The first kappa shape index (κ1) is 14.7. The fraction of sp³-hybridized carbons (Fsp3) is 0.375. The highest BCUT2D eigenvalue weighted by Gasteiger charge is 2.28. The summed E-state index contributed by atoms with van der Waals surface area (Å²) in [6.45, 7) is 4.22. The van der Waals surface area contributed by atoms with Gasteiger partial charge in [-0.25, -0.2) is 0 Å². The average Bonchev–Trinajstić information content (AvgIpc) is 2.83. The molecule has 2 heterocycles. The van der Waals surface area contributed by atoms with Crippen LogP contribution in [0.4, 0.5) is 0 Å². The number of likely N-dealkylation sites (tertiary alicyclic amines) is 1. The zero-order valence-corrected chi connectivity index (χ0v) is 13.5. The lowest BCUT2D eigenvalue weighted by Gasteiger charge is -2.31. The number of amidine groups is 1. The van der Waals surface area contributed by atoms with Gasteiger partial charge in [-0.1, -0.05) is 36.7 Å². The third-order valence-corrected chi connectivity index (χ3v) is 5.12. The smallest absolute Gasteiger partial charge is 0.286 e. The molecule has 0 spiro atoms. The number of piperidine rings is 1. The molecule has 21 heavy (non-hydrogen) atoms. The van der Waals surface area contributed by atoms with Crippen LogP contribution in [0, 0.1) is 5.92 Å². The van der Waals surface area contributed by atoms with E-state index in [4.69, 9.17) is 11.6 Å². The number of carbonyl (C=O) groups is 1. The minimum atomic E-state index is -0.159. The molecule has 1 aromatic rings. The van der Waals surface area contributed by atoms with Gasteiger partial charge in [-0.05, 0) is 48.2 Å². The van der Waals surface area contributed by atoms with E-state index >= 15 is 0 Å². The summed E-state index contributed by atoms with van der Waals surface area (Å²) < 4.78 is 0. The Morgan fingerprint density at radius 2 is 2.24 bits per heavy atom. The molecule has 0 aliphatic carbocycles. The van der Waals surface area contributed by atoms with Gasteiger partial charge in [0.25, 0.3) is 5.91 Å². The molecule has 110 valence electrons. The second-order valence-corrected chi connectivity index (χ2v) is 6.94. The normalized spacial score (nSPS) is 24.6. The molecule has 0 bridgehead atoms. The van der Waals surface area contributed by atoms with Crippen molar-refractivity contribution >= 4 is 40.5 Å². The number of thioether (sulfide) groups is 1. The number of aliphatic imine (C=N–C) groups is 1. The summed E-state index contributed by atoms with van der Waals surface area (Å²) in [5, 5.41) is 1.49. The van der Waals surface area contributed by atoms with E-state index in [1.165, 1.54) is 24.6 Å². The van der Waals surface area contributed by atoms with Gasteiger partial charge in [-0.3, -0.25) is 4.79 Å². The Kier molecular flexibility index (Phi) is 4.36. The van der Waals surface area contributed by atoms with Gasteiger partial charge >= 0.3 is 0 Å². The fourth-order valence-electron chi connectivity index (χ4n) is 2.63. The molecule has 3 rings (SSSR count). The molecule has 0 aromatic heterocycles. The van der Waals surface area contributed by atoms with Crippen molar-refractivity contribution in [3.63, 3.8) is 0 Å². The highest BCUT2D eigenvalue weighted by atomic mass is 35.5. The van der Waals surface area contributed by atoms with E-state index < -0.39 is 0 Å². The van der Waals surface area contributed by atoms with E-state index in [1.54, 1.807) is 0 Å². The van der Waals surface area contributed by atoms with E-state index in [-0.39, 0.29) is 5.91 Å². The number of benzene rings is 1. The number of amides is 1. The van der Waals surface area contributed by atoms with Crippen LogP contribution in [-0.4, -0.2) is 29.1 Å². The molecule has 2 aliphatic heterocycles. The van der Waals surface area contributed by atoms with Gasteiger partial charge in [0.2, 0.25) is 0 Å². The van der Waals surface area contributed by atoms with Crippen LogP contribution in [0.15, 0.2) is 34.2 Å². The lowest BCUT2D eigenvalue weighted by molar-refractivity contribution is -0.113. The summed E-state index contributed by atoms with van der Waals surface area (Å²) in [4.78, 5) is 19.2. The highest BCUT2D eigenvalue weighted by Crippen LogP contribution is 2.33. The van der Waals surface area contributed by atoms with Crippen LogP contribution in [0.5, 0.6) is 0 Å². The highest BCUT2D eigenvalue weighted by molar-refractivity contribution is 8.18. The molecule has 0 saturated carbocycles. The van der Waals surface area contributed by atoms with E-state index in [0.29, 0.717) is 15.8 Å². The van der Waals surface area contributed by atoms with Gasteiger partial charge in [0.15, 0.2) is 5.17 Å². The molecule has 1 aromatic carbocycles. The predicted octanol–water partition coefficient (Wildman–Crippen LogP) is 4.04. The van der Waals surface area contributed by atoms with Crippen molar-refractivity contribution < 1.29 is 4.79 Å². The molecule has 5 heteroatoms. The van der Waals surface area contributed by atoms with Gasteiger partial charge in [0.05, 0.1) is 4.91 Å². The second-order valence-electron chi connectivity index (χ2n) is 5.53. The number of hydrogen-bond acceptors (Lipinski definition) is 3. The summed E-state index contributed by atoms with van der Waals surface area (Å²) in [5.74, 6) is 0.502. The van der Waals surface area contributed by atoms with E-state index in [1.807, 2.05) is 30.3 Å². The quantitative estimate of drug-likeness (QED) is 0.732. The monoisotopic (exact) mass is 320 g/mol. The maximum atomic E-state index is 12.1. The molecule has 0 radical (unpaired) electrons. The fourth-order valence-corrected chi connectivity index (χ4v) is 3.76. The third-order valence-electron chi connectivity index (χ3n) is 3.73. The number of hydrogen-bond donors (Lipinski definition) is 0. The van der Waals surface area contributed by atoms with Crippen molar-refractivity contribution in [3.05, 3.63) is 39.8 Å². The van der Waals surface area contributed by atoms with Gasteiger partial charge < -0.3 is 4.90 Å². The Balaban J connectivity index is 1.77. The zero-order valence-electron chi connectivity index (χ0n) is 11.9. The van der Waals surface area contributed by atoms with E-state index in [9.17, 15) is 4.79 Å². The molecule has 1 amide bonds. The molecular weight excluding hydrogens is 304 g/mol. The molecule has 1 fully saturated rings.